The predicted molar refractivity (Wildman–Crippen MR) is 109 cm³/mol. The van der Waals surface area contributed by atoms with Gasteiger partial charge in [0.1, 0.15) is 0 Å². The summed E-state index contributed by atoms with van der Waals surface area (Å²) in [5, 5.41) is 16.8. The lowest BCUT2D eigenvalue weighted by Crippen LogP contribution is -2.51. The Labute approximate surface area is 163 Å². The number of hydrogen-bond acceptors (Lipinski definition) is 5. The van der Waals surface area contributed by atoms with Crippen molar-refractivity contribution in [3.05, 3.63) is 75.7 Å². The topological polar surface area (TPSA) is 75.4 Å². The first kappa shape index (κ1) is 18.6. The Balaban J connectivity index is 1.65. The van der Waals surface area contributed by atoms with E-state index < -0.39 is 6.10 Å². The van der Waals surface area contributed by atoms with Crippen LogP contribution in [0.5, 0.6) is 0 Å². The zero-order valence-electron chi connectivity index (χ0n) is 15.7. The molecule has 0 unspecified atom stereocenters. The van der Waals surface area contributed by atoms with Crippen molar-refractivity contribution < 1.29 is 9.90 Å². The molecular weight excluding hydrogens is 353 g/mol. The van der Waals surface area contributed by atoms with Crippen LogP contribution in [0.1, 0.15) is 16.8 Å². The Morgan fingerprint density at radius 3 is 2.61 bits per heavy atom. The molecule has 0 spiro atoms. The van der Waals surface area contributed by atoms with E-state index in [1.165, 1.54) is 12.1 Å². The van der Waals surface area contributed by atoms with Crippen molar-refractivity contribution in [2.24, 2.45) is 0 Å². The van der Waals surface area contributed by atoms with E-state index in [9.17, 15) is 14.7 Å². The van der Waals surface area contributed by atoms with Crippen molar-refractivity contribution in [2.45, 2.75) is 38.6 Å². The molecule has 2 heterocycles. The third-order valence-corrected chi connectivity index (χ3v) is 5.44. The average molecular weight is 374 g/mol. The number of rotatable bonds is 5. The molecule has 6 nitrogen and oxygen atoms in total. The maximum absolute atomic E-state index is 12.8. The molecule has 1 aliphatic heterocycles. The average Bonchev–Trinajstić information content (AvgIpc) is 2.71. The number of aryl methyl sites for hydroxylation is 1. The molecule has 2 aromatic carbocycles. The molecule has 28 heavy (non-hydrogen) atoms. The van der Waals surface area contributed by atoms with Gasteiger partial charge in [-0.05, 0) is 30.5 Å². The Morgan fingerprint density at radius 1 is 1.18 bits per heavy atom. The van der Waals surface area contributed by atoms with Crippen molar-refractivity contribution in [1.29, 1.82) is 0 Å². The van der Waals surface area contributed by atoms with Crippen LogP contribution >= 0.6 is 0 Å². The van der Waals surface area contributed by atoms with Gasteiger partial charge >= 0.3 is 0 Å². The van der Waals surface area contributed by atoms with Gasteiger partial charge in [0.2, 0.25) is 0 Å². The molecule has 1 aromatic heterocycles. The van der Waals surface area contributed by atoms with E-state index in [-0.39, 0.29) is 18.1 Å². The molecule has 141 valence electrons. The van der Waals surface area contributed by atoms with Crippen molar-refractivity contribution in [2.75, 3.05) is 0 Å². The number of aromatic nitrogens is 2. The van der Waals surface area contributed by atoms with Crippen LogP contribution in [0.4, 0.5) is 0 Å². The summed E-state index contributed by atoms with van der Waals surface area (Å²) in [7, 11) is 1.46. The second-order valence-corrected chi connectivity index (χ2v) is 7.18. The van der Waals surface area contributed by atoms with Gasteiger partial charge in [-0.2, -0.15) is 5.10 Å². The molecule has 0 saturated carbocycles. The number of aliphatic hydroxyl groups excluding tert-OH is 1. The highest BCUT2D eigenvalue weighted by Gasteiger charge is 2.32. The van der Waals surface area contributed by atoms with Crippen LogP contribution in [0.2, 0.25) is 0 Å². The lowest BCUT2D eigenvalue weighted by molar-refractivity contribution is 0.0631. The van der Waals surface area contributed by atoms with Crippen LogP contribution in [-0.4, -0.2) is 45.4 Å². The molecule has 4 rings (SSSR count). The maximum Gasteiger partial charge on any atom is 0.293 e. The van der Waals surface area contributed by atoms with Gasteiger partial charge < -0.3 is 14.7 Å². The maximum atomic E-state index is 12.8. The fraction of sp³-hybridized carbons (Fsp3) is 0.286. The van der Waals surface area contributed by atoms with Crippen LogP contribution in [0.3, 0.4) is 0 Å². The second-order valence-electron chi connectivity index (χ2n) is 7.18. The highest BCUT2D eigenvalue weighted by atomic mass is 16.3. The van der Waals surface area contributed by atoms with Gasteiger partial charge in [0.15, 0.2) is 0 Å². The minimum Gasteiger partial charge on any atom is -0.390 e. The molecule has 1 radical (unpaired) electrons. The zero-order chi connectivity index (χ0) is 19.7. The minimum absolute atomic E-state index is 0.0700. The summed E-state index contributed by atoms with van der Waals surface area (Å²) in [4.78, 5) is 25.8. The smallest absolute Gasteiger partial charge is 0.293 e. The molecule has 2 atom stereocenters. The minimum atomic E-state index is -0.852. The summed E-state index contributed by atoms with van der Waals surface area (Å²) in [6.45, 7) is 2.48. The fourth-order valence-corrected chi connectivity index (χ4v) is 3.99. The molecule has 7 heteroatoms. The lowest BCUT2D eigenvalue weighted by Gasteiger charge is -2.38. The van der Waals surface area contributed by atoms with Gasteiger partial charge in [-0.25, -0.2) is 4.68 Å². The Hall–Kier alpha value is -2.77. The van der Waals surface area contributed by atoms with E-state index in [1.807, 2.05) is 54.2 Å². The summed E-state index contributed by atoms with van der Waals surface area (Å²) >= 11 is 0. The van der Waals surface area contributed by atoms with Crippen molar-refractivity contribution in [1.82, 2.24) is 14.6 Å². The van der Waals surface area contributed by atoms with Gasteiger partial charge in [-0.15, -0.1) is 0 Å². The quantitative estimate of drug-likeness (QED) is 0.538. The van der Waals surface area contributed by atoms with Crippen LogP contribution in [0, 0.1) is 6.92 Å². The molecule has 0 fully saturated rings. The highest BCUT2D eigenvalue weighted by Crippen LogP contribution is 2.24. The van der Waals surface area contributed by atoms with E-state index >= 15 is 0 Å². The SMILES string of the molecule is Cc1nn(C[C@@H](O)[C@@H]2Cc3ccccc3CN2[B]C=O)c(=O)c2ccccc12. The Morgan fingerprint density at radius 2 is 1.86 bits per heavy atom. The van der Waals surface area contributed by atoms with E-state index in [2.05, 4.69) is 5.10 Å². The van der Waals surface area contributed by atoms with Crippen LogP contribution < -0.4 is 5.56 Å². The van der Waals surface area contributed by atoms with Crippen molar-refractivity contribution in [3.8, 4) is 0 Å². The highest BCUT2D eigenvalue weighted by molar-refractivity contribution is 6.64. The first-order valence-electron chi connectivity index (χ1n) is 9.34. The number of nitrogens with zero attached hydrogens (tertiary/aromatic N) is 3. The number of hydrogen-bond donors (Lipinski definition) is 1. The summed E-state index contributed by atoms with van der Waals surface area (Å²) < 4.78 is 1.34. The Kier molecular flexibility index (Phi) is 5.11. The summed E-state index contributed by atoms with van der Waals surface area (Å²) in [5.41, 5.74) is 2.81. The van der Waals surface area contributed by atoms with Gasteiger partial charge in [-0.3, -0.25) is 4.79 Å². The first-order valence-corrected chi connectivity index (χ1v) is 9.34. The van der Waals surface area contributed by atoms with Gasteiger partial charge in [-0.1, -0.05) is 42.5 Å². The normalized spacial score (nSPS) is 17.9. The number of carbonyl (C=O) groups is 1. The van der Waals surface area contributed by atoms with Gasteiger partial charge in [0.05, 0.1) is 29.9 Å². The largest absolute Gasteiger partial charge is 0.390 e. The third kappa shape index (κ3) is 3.39. The molecule has 1 aliphatic rings. The first-order chi connectivity index (χ1) is 13.6. The molecular formula is C21H21BN3O3. The van der Waals surface area contributed by atoms with E-state index in [0.29, 0.717) is 18.4 Å². The standard InChI is InChI=1S/C21H21BN3O3/c1-14-17-8-4-5-9-18(17)21(28)25(23-14)12-20(27)19-10-15-6-2-3-7-16(15)11-24(19)22-13-26/h2-9,13,19-20,27H,10-12H2,1H3/t19-,20+/m0/s1. The molecule has 3 aromatic rings. The molecule has 0 aliphatic carbocycles. The van der Waals surface area contributed by atoms with E-state index in [1.54, 1.807) is 6.07 Å². The number of aliphatic hydroxyl groups is 1. The van der Waals surface area contributed by atoms with Crippen LogP contribution in [-0.2, 0) is 24.3 Å². The Bertz CT molecular complexity index is 1080. The summed E-state index contributed by atoms with van der Waals surface area (Å²) in [5.74, 6) is 0. The number of carbonyl (C=O) groups excluding carboxylic acids is 1. The summed E-state index contributed by atoms with van der Waals surface area (Å²) in [6, 6.07) is 15.1. The number of fused-ring (bicyclic) bond motifs is 2. The van der Waals surface area contributed by atoms with E-state index in [0.717, 1.165) is 28.4 Å². The molecule has 0 bridgehead atoms. The molecule has 0 saturated heterocycles. The number of benzene rings is 2. The zero-order valence-corrected chi connectivity index (χ0v) is 15.7. The van der Waals surface area contributed by atoms with Gasteiger partial charge in [0, 0.05) is 18.0 Å². The monoisotopic (exact) mass is 374 g/mol. The fourth-order valence-electron chi connectivity index (χ4n) is 3.99. The molecule has 0 amide bonds. The van der Waals surface area contributed by atoms with Gasteiger partial charge in [0.25, 0.3) is 13.0 Å². The summed E-state index contributed by atoms with van der Waals surface area (Å²) in [6.07, 6.45) is 0.483. The van der Waals surface area contributed by atoms with Crippen LogP contribution in [0.15, 0.2) is 53.3 Å². The molecule has 1 N–H and O–H groups in total. The lowest BCUT2D eigenvalue weighted by atomic mass is 9.82. The van der Waals surface area contributed by atoms with Crippen LogP contribution in [0.25, 0.3) is 10.8 Å². The predicted octanol–water partition coefficient (Wildman–Crippen LogP) is 1.30. The van der Waals surface area contributed by atoms with E-state index in [4.69, 9.17) is 0 Å². The van der Waals surface area contributed by atoms with Crippen molar-refractivity contribution >= 4 is 24.4 Å². The van der Waals surface area contributed by atoms with Crippen molar-refractivity contribution in [3.63, 3.8) is 0 Å². The third-order valence-electron chi connectivity index (χ3n) is 5.44. The second kappa shape index (κ2) is 7.69.